The van der Waals surface area contributed by atoms with E-state index in [1.165, 1.54) is 4.90 Å². The number of benzene rings is 2. The fourth-order valence-electron chi connectivity index (χ4n) is 3.57. The lowest BCUT2D eigenvalue weighted by molar-refractivity contribution is -0.139. The molecule has 0 radical (unpaired) electrons. The van der Waals surface area contributed by atoms with E-state index in [0.717, 1.165) is 28.1 Å². The highest BCUT2D eigenvalue weighted by Crippen LogP contribution is 2.23. The number of rotatable bonds is 10. The standard InChI is InChI=1S/C25H34ClN3O4S/c1-7-19(4)27-25(31)20(5)28(15-21-10-8-9-11-23(21)26)24(30)16-29(34(6,32)33)22-13-17(2)12-18(3)14-22/h8-14,19-20H,7,15-16H2,1-6H3,(H,27,31)/t19-,20-/m0/s1. The summed E-state index contributed by atoms with van der Waals surface area (Å²) in [5, 5.41) is 3.36. The lowest BCUT2D eigenvalue weighted by Gasteiger charge is -2.32. The van der Waals surface area contributed by atoms with Crippen LogP contribution in [-0.2, 0) is 26.2 Å². The summed E-state index contributed by atoms with van der Waals surface area (Å²) >= 11 is 6.33. The van der Waals surface area contributed by atoms with Crippen molar-refractivity contribution in [1.29, 1.82) is 0 Å². The maximum atomic E-state index is 13.6. The molecule has 9 heteroatoms. The Morgan fingerprint density at radius 3 is 2.18 bits per heavy atom. The molecule has 0 aliphatic rings. The first-order valence-corrected chi connectivity index (χ1v) is 13.4. The van der Waals surface area contributed by atoms with Gasteiger partial charge in [-0.3, -0.25) is 13.9 Å². The summed E-state index contributed by atoms with van der Waals surface area (Å²) in [6.07, 6.45) is 1.81. The van der Waals surface area contributed by atoms with E-state index >= 15 is 0 Å². The first-order valence-electron chi connectivity index (χ1n) is 11.2. The number of sulfonamides is 1. The molecule has 0 heterocycles. The third kappa shape index (κ3) is 7.46. The number of hydrogen-bond acceptors (Lipinski definition) is 4. The number of amides is 2. The SMILES string of the molecule is CC[C@H](C)NC(=O)[C@H](C)N(Cc1ccccc1Cl)C(=O)CN(c1cc(C)cc(C)c1)S(C)(=O)=O. The van der Waals surface area contributed by atoms with Gasteiger partial charge in [-0.25, -0.2) is 8.42 Å². The van der Waals surface area contributed by atoms with Crippen LogP contribution in [-0.4, -0.2) is 50.0 Å². The quantitative estimate of drug-likeness (QED) is 0.525. The maximum Gasteiger partial charge on any atom is 0.244 e. The maximum absolute atomic E-state index is 13.6. The molecule has 7 nitrogen and oxygen atoms in total. The minimum absolute atomic E-state index is 0.0602. The second-order valence-electron chi connectivity index (χ2n) is 8.72. The van der Waals surface area contributed by atoms with E-state index in [1.54, 1.807) is 43.3 Å². The Hall–Kier alpha value is -2.58. The predicted molar refractivity (Wildman–Crippen MR) is 137 cm³/mol. The van der Waals surface area contributed by atoms with Crippen molar-refractivity contribution >= 4 is 39.1 Å². The molecule has 0 unspecified atom stereocenters. The Balaban J connectivity index is 2.43. The molecule has 0 aliphatic heterocycles. The Morgan fingerprint density at radius 2 is 1.65 bits per heavy atom. The van der Waals surface area contributed by atoms with Gasteiger partial charge in [0.05, 0.1) is 11.9 Å². The average Bonchev–Trinajstić information content (AvgIpc) is 2.74. The smallest absolute Gasteiger partial charge is 0.244 e. The van der Waals surface area contributed by atoms with Crippen LogP contribution in [0.3, 0.4) is 0 Å². The van der Waals surface area contributed by atoms with Crippen molar-refractivity contribution in [3.63, 3.8) is 0 Å². The van der Waals surface area contributed by atoms with Gasteiger partial charge in [-0.15, -0.1) is 0 Å². The zero-order chi connectivity index (χ0) is 25.6. The van der Waals surface area contributed by atoms with Gasteiger partial charge in [-0.2, -0.15) is 0 Å². The zero-order valence-electron chi connectivity index (χ0n) is 20.6. The van der Waals surface area contributed by atoms with Crippen molar-refractivity contribution in [2.45, 2.75) is 59.7 Å². The van der Waals surface area contributed by atoms with E-state index < -0.39 is 28.5 Å². The van der Waals surface area contributed by atoms with Crippen LogP contribution in [0, 0.1) is 13.8 Å². The van der Waals surface area contributed by atoms with Crippen molar-refractivity contribution in [3.05, 3.63) is 64.2 Å². The fourth-order valence-corrected chi connectivity index (χ4v) is 4.60. The molecule has 2 amide bonds. The van der Waals surface area contributed by atoms with Crippen LogP contribution < -0.4 is 9.62 Å². The van der Waals surface area contributed by atoms with E-state index in [2.05, 4.69) is 5.32 Å². The highest BCUT2D eigenvalue weighted by molar-refractivity contribution is 7.92. The molecule has 34 heavy (non-hydrogen) atoms. The molecule has 0 fully saturated rings. The van der Waals surface area contributed by atoms with Crippen LogP contribution in [0.1, 0.15) is 43.9 Å². The van der Waals surface area contributed by atoms with E-state index in [1.807, 2.05) is 33.8 Å². The van der Waals surface area contributed by atoms with E-state index in [4.69, 9.17) is 11.6 Å². The van der Waals surface area contributed by atoms with Gasteiger partial charge in [0.2, 0.25) is 21.8 Å². The molecular formula is C25H34ClN3O4S. The molecule has 0 saturated heterocycles. The van der Waals surface area contributed by atoms with Crippen LogP contribution in [0.5, 0.6) is 0 Å². The number of halogens is 1. The largest absolute Gasteiger partial charge is 0.352 e. The summed E-state index contributed by atoms with van der Waals surface area (Å²) in [5.41, 5.74) is 2.83. The molecule has 2 rings (SSSR count). The average molecular weight is 508 g/mol. The van der Waals surface area contributed by atoms with Gasteiger partial charge in [0.1, 0.15) is 12.6 Å². The Kier molecular flexibility index (Phi) is 9.53. The molecular weight excluding hydrogens is 474 g/mol. The summed E-state index contributed by atoms with van der Waals surface area (Å²) in [6, 6.07) is 11.5. The number of anilines is 1. The number of nitrogens with one attached hydrogen (secondary N) is 1. The Bertz CT molecular complexity index is 1120. The highest BCUT2D eigenvalue weighted by Gasteiger charge is 2.30. The molecule has 0 spiro atoms. The van der Waals surface area contributed by atoms with E-state index in [-0.39, 0.29) is 18.5 Å². The van der Waals surface area contributed by atoms with Gasteiger partial charge in [0, 0.05) is 17.6 Å². The third-order valence-electron chi connectivity index (χ3n) is 5.64. The number of aryl methyl sites for hydroxylation is 2. The minimum atomic E-state index is -3.77. The summed E-state index contributed by atoms with van der Waals surface area (Å²) in [4.78, 5) is 27.8. The lowest BCUT2D eigenvalue weighted by Crippen LogP contribution is -2.52. The Morgan fingerprint density at radius 1 is 1.06 bits per heavy atom. The Labute approximate surface area is 208 Å². The van der Waals surface area contributed by atoms with E-state index in [0.29, 0.717) is 16.3 Å². The molecule has 2 aromatic carbocycles. The number of nitrogens with zero attached hydrogens (tertiary/aromatic N) is 2. The van der Waals surface area contributed by atoms with Crippen molar-refractivity contribution < 1.29 is 18.0 Å². The molecule has 0 bridgehead atoms. The number of carbonyl (C=O) groups excluding carboxylic acids is 2. The van der Waals surface area contributed by atoms with Gasteiger partial charge in [0.15, 0.2) is 0 Å². The lowest BCUT2D eigenvalue weighted by atomic mass is 10.1. The number of hydrogen-bond donors (Lipinski definition) is 1. The summed E-state index contributed by atoms with van der Waals surface area (Å²) < 4.78 is 26.4. The molecule has 2 atom stereocenters. The second-order valence-corrected chi connectivity index (χ2v) is 11.0. The molecule has 0 aliphatic carbocycles. The fraction of sp³-hybridized carbons (Fsp3) is 0.440. The van der Waals surface area contributed by atoms with Crippen LogP contribution in [0.25, 0.3) is 0 Å². The van der Waals surface area contributed by atoms with Gasteiger partial charge >= 0.3 is 0 Å². The summed E-state index contributed by atoms with van der Waals surface area (Å²) in [6.45, 7) is 8.83. The van der Waals surface area contributed by atoms with Crippen LogP contribution >= 0.6 is 11.6 Å². The minimum Gasteiger partial charge on any atom is -0.352 e. The van der Waals surface area contributed by atoms with Crippen molar-refractivity contribution in [2.24, 2.45) is 0 Å². The van der Waals surface area contributed by atoms with Crippen molar-refractivity contribution in [2.75, 3.05) is 17.1 Å². The van der Waals surface area contributed by atoms with Gasteiger partial charge < -0.3 is 10.2 Å². The molecule has 1 N–H and O–H groups in total. The summed E-state index contributed by atoms with van der Waals surface area (Å²) in [5.74, 6) is -0.816. The molecule has 0 saturated carbocycles. The monoisotopic (exact) mass is 507 g/mol. The number of carbonyl (C=O) groups is 2. The van der Waals surface area contributed by atoms with Gasteiger partial charge in [-0.1, -0.05) is 42.8 Å². The van der Waals surface area contributed by atoms with Gasteiger partial charge in [0.25, 0.3) is 0 Å². The molecule has 2 aromatic rings. The topological polar surface area (TPSA) is 86.8 Å². The van der Waals surface area contributed by atoms with Crippen LogP contribution in [0.2, 0.25) is 5.02 Å². The first kappa shape index (κ1) is 27.7. The third-order valence-corrected chi connectivity index (χ3v) is 7.15. The van der Waals surface area contributed by atoms with Crippen LogP contribution in [0.15, 0.2) is 42.5 Å². The van der Waals surface area contributed by atoms with Crippen molar-refractivity contribution in [3.8, 4) is 0 Å². The van der Waals surface area contributed by atoms with Crippen molar-refractivity contribution in [1.82, 2.24) is 10.2 Å². The second kappa shape index (κ2) is 11.7. The molecule has 0 aromatic heterocycles. The van der Waals surface area contributed by atoms with E-state index in [9.17, 15) is 18.0 Å². The van der Waals surface area contributed by atoms with Gasteiger partial charge in [-0.05, 0) is 69.0 Å². The summed E-state index contributed by atoms with van der Waals surface area (Å²) in [7, 11) is -3.77. The molecule has 186 valence electrons. The zero-order valence-corrected chi connectivity index (χ0v) is 22.2. The highest BCUT2D eigenvalue weighted by atomic mass is 35.5. The normalized spacial score (nSPS) is 13.1. The van der Waals surface area contributed by atoms with Crippen LogP contribution in [0.4, 0.5) is 5.69 Å². The predicted octanol–water partition coefficient (Wildman–Crippen LogP) is 4.05. The first-order chi connectivity index (χ1) is 15.8.